The summed E-state index contributed by atoms with van der Waals surface area (Å²) in [6.07, 6.45) is 0. The highest BCUT2D eigenvalue weighted by Gasteiger charge is 2.12. The molecule has 0 radical (unpaired) electrons. The van der Waals surface area contributed by atoms with Crippen LogP contribution < -0.4 is 15.2 Å². The summed E-state index contributed by atoms with van der Waals surface area (Å²) >= 11 is 1.72. The molecular formula is C14H17NO2S. The minimum Gasteiger partial charge on any atom is -0.493 e. The molecule has 1 aromatic carbocycles. The van der Waals surface area contributed by atoms with E-state index < -0.39 is 0 Å². The second kappa shape index (κ2) is 5.42. The zero-order valence-corrected chi connectivity index (χ0v) is 11.6. The lowest BCUT2D eigenvalue weighted by Gasteiger charge is -2.10. The molecule has 2 N–H and O–H groups in total. The quantitative estimate of drug-likeness (QED) is 0.921. The smallest absolute Gasteiger partial charge is 0.161 e. The van der Waals surface area contributed by atoms with Gasteiger partial charge in [0, 0.05) is 11.4 Å². The second-order valence-corrected chi connectivity index (χ2v) is 5.05. The largest absolute Gasteiger partial charge is 0.493 e. The summed E-state index contributed by atoms with van der Waals surface area (Å²) in [4.78, 5) is 1.27. The van der Waals surface area contributed by atoms with Crippen LogP contribution >= 0.6 is 11.3 Å². The monoisotopic (exact) mass is 263 g/mol. The minimum absolute atomic E-state index is 0.550. The highest BCUT2D eigenvalue weighted by Crippen LogP contribution is 2.37. The molecule has 1 heterocycles. The first-order valence-corrected chi connectivity index (χ1v) is 6.58. The number of aryl methyl sites for hydroxylation is 1. The van der Waals surface area contributed by atoms with Gasteiger partial charge in [-0.15, -0.1) is 11.3 Å². The zero-order chi connectivity index (χ0) is 13.1. The van der Waals surface area contributed by atoms with Crippen LogP contribution in [0.3, 0.4) is 0 Å². The molecular weight excluding hydrogens is 246 g/mol. The van der Waals surface area contributed by atoms with Crippen LogP contribution in [0.5, 0.6) is 11.5 Å². The molecule has 0 amide bonds. The summed E-state index contributed by atoms with van der Waals surface area (Å²) in [5, 5.41) is 2.11. The number of ether oxygens (including phenoxy) is 2. The van der Waals surface area contributed by atoms with E-state index in [0.29, 0.717) is 6.54 Å². The third-order valence-corrected chi connectivity index (χ3v) is 3.90. The van der Waals surface area contributed by atoms with E-state index in [-0.39, 0.29) is 0 Å². The lowest BCUT2D eigenvalue weighted by molar-refractivity contribution is 0.355. The number of methoxy groups -OCH3 is 2. The van der Waals surface area contributed by atoms with Crippen molar-refractivity contribution < 1.29 is 9.47 Å². The second-order valence-electron chi connectivity index (χ2n) is 3.97. The molecule has 0 bridgehead atoms. The maximum Gasteiger partial charge on any atom is 0.161 e. The summed E-state index contributed by atoms with van der Waals surface area (Å²) in [6, 6.07) is 5.95. The van der Waals surface area contributed by atoms with Crippen LogP contribution in [0, 0.1) is 6.92 Å². The Morgan fingerprint density at radius 1 is 1.17 bits per heavy atom. The van der Waals surface area contributed by atoms with E-state index >= 15 is 0 Å². The van der Waals surface area contributed by atoms with Gasteiger partial charge < -0.3 is 15.2 Å². The molecule has 96 valence electrons. The highest BCUT2D eigenvalue weighted by atomic mass is 32.1. The molecule has 4 heteroatoms. The van der Waals surface area contributed by atoms with Crippen LogP contribution in [0.1, 0.15) is 10.4 Å². The number of hydrogen-bond donors (Lipinski definition) is 1. The number of hydrogen-bond acceptors (Lipinski definition) is 4. The molecule has 0 spiro atoms. The Labute approximate surface area is 111 Å². The van der Waals surface area contributed by atoms with Crippen LogP contribution in [0.15, 0.2) is 23.6 Å². The molecule has 0 aliphatic carbocycles. The predicted octanol–water partition coefficient (Wildman–Crippen LogP) is 3.20. The topological polar surface area (TPSA) is 44.5 Å². The van der Waals surface area contributed by atoms with Gasteiger partial charge in [0.15, 0.2) is 11.5 Å². The summed E-state index contributed by atoms with van der Waals surface area (Å²) in [7, 11) is 3.28. The fourth-order valence-electron chi connectivity index (χ4n) is 2.03. The van der Waals surface area contributed by atoms with E-state index in [1.807, 2.05) is 18.2 Å². The summed E-state index contributed by atoms with van der Waals surface area (Å²) in [6.45, 7) is 2.66. The highest BCUT2D eigenvalue weighted by molar-refractivity contribution is 7.10. The summed E-state index contributed by atoms with van der Waals surface area (Å²) in [5.74, 6) is 1.48. The third-order valence-electron chi connectivity index (χ3n) is 2.94. The van der Waals surface area contributed by atoms with Crippen molar-refractivity contribution in [2.75, 3.05) is 14.2 Å². The van der Waals surface area contributed by atoms with Gasteiger partial charge in [-0.05, 0) is 41.1 Å². The van der Waals surface area contributed by atoms with E-state index in [0.717, 1.165) is 17.1 Å². The molecule has 0 aliphatic rings. The van der Waals surface area contributed by atoms with Gasteiger partial charge in [-0.2, -0.15) is 0 Å². The molecule has 18 heavy (non-hydrogen) atoms. The van der Waals surface area contributed by atoms with Gasteiger partial charge >= 0.3 is 0 Å². The first-order chi connectivity index (χ1) is 8.71. The van der Waals surface area contributed by atoms with Crippen LogP contribution in [0.25, 0.3) is 11.1 Å². The van der Waals surface area contributed by atoms with Crippen molar-refractivity contribution in [3.63, 3.8) is 0 Å². The molecule has 0 saturated heterocycles. The van der Waals surface area contributed by atoms with E-state index in [1.165, 1.54) is 16.0 Å². The molecule has 0 aliphatic heterocycles. The molecule has 0 unspecified atom stereocenters. The van der Waals surface area contributed by atoms with Crippen molar-refractivity contribution in [1.82, 2.24) is 0 Å². The van der Waals surface area contributed by atoms with Crippen molar-refractivity contribution in [2.24, 2.45) is 5.73 Å². The van der Waals surface area contributed by atoms with Gasteiger partial charge in [0.05, 0.1) is 14.2 Å². The first kappa shape index (κ1) is 12.9. The molecule has 2 aromatic rings. The minimum atomic E-state index is 0.550. The van der Waals surface area contributed by atoms with E-state index in [4.69, 9.17) is 15.2 Å². The average molecular weight is 263 g/mol. The van der Waals surface area contributed by atoms with Crippen molar-refractivity contribution in [1.29, 1.82) is 0 Å². The Morgan fingerprint density at radius 2 is 1.89 bits per heavy atom. The lowest BCUT2D eigenvalue weighted by Crippen LogP contribution is -1.97. The standard InChI is InChI=1S/C14H17NO2S/c1-9-14(11(7-15)8-18-9)10-4-5-12(16-2)13(6-10)17-3/h4-6,8H,7,15H2,1-3H3. The molecule has 0 atom stereocenters. The van der Waals surface area contributed by atoms with Gasteiger partial charge in [-0.3, -0.25) is 0 Å². The molecule has 0 saturated carbocycles. The summed E-state index contributed by atoms with van der Waals surface area (Å²) < 4.78 is 10.6. The van der Waals surface area contributed by atoms with E-state index in [9.17, 15) is 0 Å². The summed E-state index contributed by atoms with van der Waals surface area (Å²) in [5.41, 5.74) is 9.28. The van der Waals surface area contributed by atoms with Crippen molar-refractivity contribution in [3.05, 3.63) is 34.0 Å². The molecule has 3 nitrogen and oxygen atoms in total. The maximum absolute atomic E-state index is 5.78. The Hall–Kier alpha value is -1.52. The van der Waals surface area contributed by atoms with Gasteiger partial charge in [-0.25, -0.2) is 0 Å². The van der Waals surface area contributed by atoms with Crippen LogP contribution in [0.2, 0.25) is 0 Å². The SMILES string of the molecule is COc1ccc(-c2c(CN)csc2C)cc1OC. The van der Waals surface area contributed by atoms with Crippen LogP contribution in [-0.2, 0) is 6.54 Å². The molecule has 1 aromatic heterocycles. The van der Waals surface area contributed by atoms with Crippen molar-refractivity contribution in [2.45, 2.75) is 13.5 Å². The number of rotatable bonds is 4. The first-order valence-electron chi connectivity index (χ1n) is 5.70. The average Bonchev–Trinajstić information content (AvgIpc) is 2.79. The zero-order valence-electron chi connectivity index (χ0n) is 10.8. The van der Waals surface area contributed by atoms with Crippen LogP contribution in [0.4, 0.5) is 0 Å². The van der Waals surface area contributed by atoms with Crippen molar-refractivity contribution >= 4 is 11.3 Å². The molecule has 2 rings (SSSR count). The van der Waals surface area contributed by atoms with Gasteiger partial charge in [-0.1, -0.05) is 6.07 Å². The van der Waals surface area contributed by atoms with Crippen LogP contribution in [-0.4, -0.2) is 14.2 Å². The fraction of sp³-hybridized carbons (Fsp3) is 0.286. The van der Waals surface area contributed by atoms with Gasteiger partial charge in [0.25, 0.3) is 0 Å². The maximum atomic E-state index is 5.78. The van der Waals surface area contributed by atoms with E-state index in [2.05, 4.69) is 12.3 Å². The molecule has 0 fully saturated rings. The van der Waals surface area contributed by atoms with Crippen molar-refractivity contribution in [3.8, 4) is 22.6 Å². The number of thiophene rings is 1. The Kier molecular flexibility index (Phi) is 3.89. The Morgan fingerprint density at radius 3 is 2.50 bits per heavy atom. The lowest BCUT2D eigenvalue weighted by atomic mass is 10.0. The Bertz CT molecular complexity index is 549. The van der Waals surface area contributed by atoms with Gasteiger partial charge in [0.2, 0.25) is 0 Å². The normalized spacial score (nSPS) is 10.4. The predicted molar refractivity (Wildman–Crippen MR) is 75.5 cm³/mol. The Balaban J connectivity index is 2.54. The third kappa shape index (κ3) is 2.21. The van der Waals surface area contributed by atoms with E-state index in [1.54, 1.807) is 25.6 Å². The number of benzene rings is 1. The number of nitrogens with two attached hydrogens (primary N) is 1. The fourth-order valence-corrected chi connectivity index (χ4v) is 2.93. The van der Waals surface area contributed by atoms with Gasteiger partial charge in [0.1, 0.15) is 0 Å².